The third-order valence-corrected chi connectivity index (χ3v) is 3.29. The lowest BCUT2D eigenvalue weighted by atomic mass is 10.0. The lowest BCUT2D eigenvalue weighted by Gasteiger charge is -2.08. The van der Waals surface area contributed by atoms with E-state index in [0.29, 0.717) is 5.82 Å². The average molecular weight is 249 g/mol. The van der Waals surface area contributed by atoms with E-state index in [-0.39, 0.29) is 0 Å². The van der Waals surface area contributed by atoms with E-state index in [9.17, 15) is 0 Å². The van der Waals surface area contributed by atoms with Gasteiger partial charge in [0.1, 0.15) is 5.82 Å². The highest BCUT2D eigenvalue weighted by atomic mass is 14.8. The Morgan fingerprint density at radius 1 is 0.895 bits per heavy atom. The van der Waals surface area contributed by atoms with Crippen molar-refractivity contribution in [2.24, 2.45) is 0 Å². The van der Waals surface area contributed by atoms with Crippen LogP contribution in [0, 0.1) is 6.92 Å². The van der Waals surface area contributed by atoms with E-state index in [1.807, 2.05) is 36.4 Å². The number of fused-ring (bicyclic) bond motifs is 1. The number of nitrogen functional groups attached to an aromatic ring is 2. The van der Waals surface area contributed by atoms with Gasteiger partial charge in [0.05, 0.1) is 5.69 Å². The number of nitrogens with zero attached hydrogens (tertiary/aromatic N) is 1. The van der Waals surface area contributed by atoms with Gasteiger partial charge in [0, 0.05) is 22.0 Å². The van der Waals surface area contributed by atoms with Crippen LogP contribution >= 0.6 is 0 Å². The molecule has 3 heteroatoms. The Morgan fingerprint density at radius 3 is 2.37 bits per heavy atom. The molecule has 0 aliphatic carbocycles. The maximum atomic E-state index is 6.03. The van der Waals surface area contributed by atoms with Crippen LogP contribution in [-0.4, -0.2) is 4.98 Å². The smallest absolute Gasteiger partial charge is 0.132 e. The second-order valence-corrected chi connectivity index (χ2v) is 4.70. The molecule has 0 atom stereocenters. The third-order valence-electron chi connectivity index (χ3n) is 3.29. The highest BCUT2D eigenvalue weighted by Gasteiger charge is 2.07. The number of pyridine rings is 1. The van der Waals surface area contributed by atoms with Gasteiger partial charge in [-0.05, 0) is 19.1 Å². The van der Waals surface area contributed by atoms with Crippen molar-refractivity contribution in [3.63, 3.8) is 0 Å². The Kier molecular flexibility index (Phi) is 2.60. The number of hydrogen-bond acceptors (Lipinski definition) is 3. The fourth-order valence-corrected chi connectivity index (χ4v) is 2.20. The molecule has 0 amide bonds. The SMILES string of the molecule is Cc1ccc(-c2cc3c(N)cccc3c(N)n2)cc1. The molecule has 3 rings (SSSR count). The monoisotopic (exact) mass is 249 g/mol. The van der Waals surface area contributed by atoms with E-state index >= 15 is 0 Å². The zero-order chi connectivity index (χ0) is 13.4. The summed E-state index contributed by atoms with van der Waals surface area (Å²) in [7, 11) is 0. The molecular weight excluding hydrogens is 234 g/mol. The minimum atomic E-state index is 0.514. The summed E-state index contributed by atoms with van der Waals surface area (Å²) in [6.45, 7) is 2.06. The normalized spacial score (nSPS) is 10.8. The van der Waals surface area contributed by atoms with Crippen molar-refractivity contribution >= 4 is 22.3 Å². The summed E-state index contributed by atoms with van der Waals surface area (Å²) in [6.07, 6.45) is 0. The second-order valence-electron chi connectivity index (χ2n) is 4.70. The van der Waals surface area contributed by atoms with Gasteiger partial charge in [-0.2, -0.15) is 0 Å². The molecular formula is C16H15N3. The first-order valence-corrected chi connectivity index (χ1v) is 6.17. The molecule has 0 unspecified atom stereocenters. The van der Waals surface area contributed by atoms with Crippen LogP contribution in [0.1, 0.15) is 5.56 Å². The molecule has 0 saturated heterocycles. The summed E-state index contributed by atoms with van der Waals surface area (Å²) in [5.41, 5.74) is 15.9. The van der Waals surface area contributed by atoms with Gasteiger partial charge >= 0.3 is 0 Å². The molecule has 1 aromatic heterocycles. The van der Waals surface area contributed by atoms with Gasteiger partial charge in [-0.15, -0.1) is 0 Å². The molecule has 0 aliphatic rings. The van der Waals surface area contributed by atoms with Crippen molar-refractivity contribution in [2.75, 3.05) is 11.5 Å². The van der Waals surface area contributed by atoms with Crippen molar-refractivity contribution in [1.29, 1.82) is 0 Å². The topological polar surface area (TPSA) is 64.9 Å². The van der Waals surface area contributed by atoms with Crippen LogP contribution in [0.3, 0.4) is 0 Å². The first-order valence-electron chi connectivity index (χ1n) is 6.17. The predicted molar refractivity (Wildman–Crippen MR) is 80.7 cm³/mol. The van der Waals surface area contributed by atoms with Gasteiger partial charge in [0.15, 0.2) is 0 Å². The standard InChI is InChI=1S/C16H15N3/c1-10-5-7-11(8-6-10)15-9-13-12(16(18)19-15)3-2-4-14(13)17/h2-9H,17H2,1H3,(H2,18,19). The van der Waals surface area contributed by atoms with Crippen LogP contribution in [-0.2, 0) is 0 Å². The summed E-state index contributed by atoms with van der Waals surface area (Å²) in [5.74, 6) is 0.514. The molecule has 4 N–H and O–H groups in total. The Hall–Kier alpha value is -2.55. The van der Waals surface area contributed by atoms with E-state index in [1.54, 1.807) is 0 Å². The summed E-state index contributed by atoms with van der Waals surface area (Å²) in [5, 5.41) is 1.85. The van der Waals surface area contributed by atoms with Crippen LogP contribution in [0.4, 0.5) is 11.5 Å². The number of rotatable bonds is 1. The summed E-state index contributed by atoms with van der Waals surface area (Å²) in [6, 6.07) is 15.9. The highest BCUT2D eigenvalue weighted by molar-refractivity contribution is 6.00. The molecule has 2 aromatic carbocycles. The van der Waals surface area contributed by atoms with Gasteiger partial charge < -0.3 is 11.5 Å². The van der Waals surface area contributed by atoms with Gasteiger partial charge in [0.25, 0.3) is 0 Å². The number of aryl methyl sites for hydroxylation is 1. The largest absolute Gasteiger partial charge is 0.398 e. The molecule has 3 nitrogen and oxygen atoms in total. The summed E-state index contributed by atoms with van der Waals surface area (Å²) >= 11 is 0. The number of aromatic nitrogens is 1. The van der Waals surface area contributed by atoms with E-state index in [2.05, 4.69) is 24.0 Å². The average Bonchev–Trinajstić information content (AvgIpc) is 2.41. The van der Waals surface area contributed by atoms with Crippen molar-refractivity contribution in [3.8, 4) is 11.3 Å². The van der Waals surface area contributed by atoms with Gasteiger partial charge in [-0.25, -0.2) is 4.98 Å². The Balaban J connectivity index is 2.25. The van der Waals surface area contributed by atoms with Crippen molar-refractivity contribution in [2.45, 2.75) is 6.92 Å². The highest BCUT2D eigenvalue weighted by Crippen LogP contribution is 2.29. The van der Waals surface area contributed by atoms with Gasteiger partial charge in [-0.1, -0.05) is 42.0 Å². The van der Waals surface area contributed by atoms with Crippen LogP contribution in [0.2, 0.25) is 0 Å². The Labute approximate surface area is 111 Å². The van der Waals surface area contributed by atoms with E-state index < -0.39 is 0 Å². The lowest BCUT2D eigenvalue weighted by Crippen LogP contribution is -1.96. The van der Waals surface area contributed by atoms with E-state index in [0.717, 1.165) is 27.7 Å². The molecule has 0 saturated carbocycles. The summed E-state index contributed by atoms with van der Waals surface area (Å²) < 4.78 is 0. The van der Waals surface area contributed by atoms with E-state index in [1.165, 1.54) is 5.56 Å². The molecule has 0 spiro atoms. The molecule has 0 radical (unpaired) electrons. The maximum absolute atomic E-state index is 6.03. The first kappa shape index (κ1) is 11.5. The maximum Gasteiger partial charge on any atom is 0.132 e. The Bertz CT molecular complexity index is 746. The molecule has 94 valence electrons. The van der Waals surface area contributed by atoms with Crippen LogP contribution in [0.25, 0.3) is 22.0 Å². The zero-order valence-electron chi connectivity index (χ0n) is 10.7. The number of hydrogen-bond donors (Lipinski definition) is 2. The molecule has 0 bridgehead atoms. The number of nitrogens with two attached hydrogens (primary N) is 2. The van der Waals surface area contributed by atoms with Crippen LogP contribution in [0.15, 0.2) is 48.5 Å². The van der Waals surface area contributed by atoms with Crippen molar-refractivity contribution < 1.29 is 0 Å². The third kappa shape index (κ3) is 1.99. The number of anilines is 2. The molecule has 19 heavy (non-hydrogen) atoms. The quantitative estimate of drug-likeness (QED) is 0.650. The molecule has 0 aliphatic heterocycles. The second kappa shape index (κ2) is 4.28. The zero-order valence-corrected chi connectivity index (χ0v) is 10.7. The molecule has 3 aromatic rings. The van der Waals surface area contributed by atoms with Crippen LogP contribution < -0.4 is 11.5 Å². The molecule has 1 heterocycles. The van der Waals surface area contributed by atoms with Gasteiger partial charge in [-0.3, -0.25) is 0 Å². The number of benzene rings is 2. The van der Waals surface area contributed by atoms with Crippen molar-refractivity contribution in [1.82, 2.24) is 4.98 Å². The van der Waals surface area contributed by atoms with Crippen LogP contribution in [0.5, 0.6) is 0 Å². The lowest BCUT2D eigenvalue weighted by molar-refractivity contribution is 1.35. The molecule has 0 fully saturated rings. The van der Waals surface area contributed by atoms with Gasteiger partial charge in [0.2, 0.25) is 0 Å². The summed E-state index contributed by atoms with van der Waals surface area (Å²) in [4.78, 5) is 4.46. The fourth-order valence-electron chi connectivity index (χ4n) is 2.20. The van der Waals surface area contributed by atoms with E-state index in [4.69, 9.17) is 11.5 Å². The minimum absolute atomic E-state index is 0.514. The Morgan fingerprint density at radius 2 is 1.63 bits per heavy atom. The minimum Gasteiger partial charge on any atom is -0.398 e. The fraction of sp³-hybridized carbons (Fsp3) is 0.0625. The van der Waals surface area contributed by atoms with Crippen molar-refractivity contribution in [3.05, 3.63) is 54.1 Å². The predicted octanol–water partition coefficient (Wildman–Crippen LogP) is 3.37. The first-order chi connectivity index (χ1) is 9.15.